The van der Waals surface area contributed by atoms with Gasteiger partial charge in [-0.1, -0.05) is 19.4 Å². The van der Waals surface area contributed by atoms with Crippen molar-refractivity contribution in [1.29, 1.82) is 0 Å². The summed E-state index contributed by atoms with van der Waals surface area (Å²) >= 11 is 0. The van der Waals surface area contributed by atoms with Crippen molar-refractivity contribution in [3.8, 4) is 0 Å². The van der Waals surface area contributed by atoms with E-state index in [0.717, 1.165) is 12.8 Å². The van der Waals surface area contributed by atoms with Gasteiger partial charge in [-0.25, -0.2) is 0 Å². The van der Waals surface area contributed by atoms with E-state index in [9.17, 15) is 14.7 Å². The number of aliphatic hydroxyl groups is 1. The third-order valence-corrected chi connectivity index (χ3v) is 5.54. The van der Waals surface area contributed by atoms with Gasteiger partial charge in [-0.2, -0.15) is 0 Å². The lowest BCUT2D eigenvalue weighted by Gasteiger charge is -2.40. The van der Waals surface area contributed by atoms with Crippen molar-refractivity contribution in [1.82, 2.24) is 15.5 Å². The first-order valence-corrected chi connectivity index (χ1v) is 9.22. The summed E-state index contributed by atoms with van der Waals surface area (Å²) in [6.45, 7) is 6.08. The van der Waals surface area contributed by atoms with Crippen molar-refractivity contribution in [3.05, 3.63) is 12.2 Å². The SMILES string of the molecule is C=C(CC(C)N(C)[C@H]1CCCC[C@@H]1N)C(O)NC1CCC(=O)NC1=O. The maximum atomic E-state index is 11.8. The minimum atomic E-state index is -0.972. The van der Waals surface area contributed by atoms with Gasteiger partial charge >= 0.3 is 0 Å². The van der Waals surface area contributed by atoms with Crippen LogP contribution in [0.5, 0.6) is 0 Å². The molecule has 3 unspecified atom stereocenters. The molecule has 1 aliphatic carbocycles. The van der Waals surface area contributed by atoms with Gasteiger partial charge in [0.2, 0.25) is 11.8 Å². The molecule has 7 nitrogen and oxygen atoms in total. The molecule has 1 saturated heterocycles. The molecule has 142 valence electrons. The average molecular weight is 352 g/mol. The van der Waals surface area contributed by atoms with Crippen LogP contribution >= 0.6 is 0 Å². The van der Waals surface area contributed by atoms with Crippen LogP contribution in [0.3, 0.4) is 0 Å². The van der Waals surface area contributed by atoms with Crippen molar-refractivity contribution < 1.29 is 14.7 Å². The predicted molar refractivity (Wildman–Crippen MR) is 96.5 cm³/mol. The summed E-state index contributed by atoms with van der Waals surface area (Å²) in [5.41, 5.74) is 6.89. The molecule has 2 aliphatic rings. The Balaban J connectivity index is 1.83. The smallest absolute Gasteiger partial charge is 0.243 e. The number of aliphatic hydroxyl groups excluding tert-OH is 1. The second-order valence-electron chi connectivity index (χ2n) is 7.47. The van der Waals surface area contributed by atoms with Gasteiger partial charge < -0.3 is 10.8 Å². The van der Waals surface area contributed by atoms with E-state index in [4.69, 9.17) is 5.73 Å². The van der Waals surface area contributed by atoms with E-state index in [-0.39, 0.29) is 30.3 Å². The van der Waals surface area contributed by atoms with E-state index in [1.807, 2.05) is 0 Å². The van der Waals surface area contributed by atoms with Crippen LogP contribution in [0.15, 0.2) is 12.2 Å². The monoisotopic (exact) mass is 352 g/mol. The van der Waals surface area contributed by atoms with E-state index in [1.54, 1.807) is 0 Å². The van der Waals surface area contributed by atoms with E-state index < -0.39 is 12.3 Å². The van der Waals surface area contributed by atoms with Crippen molar-refractivity contribution in [2.45, 2.75) is 82.3 Å². The summed E-state index contributed by atoms with van der Waals surface area (Å²) in [5, 5.41) is 15.5. The van der Waals surface area contributed by atoms with Crippen molar-refractivity contribution in [3.63, 3.8) is 0 Å². The molecule has 5 N–H and O–H groups in total. The van der Waals surface area contributed by atoms with E-state index in [2.05, 4.69) is 36.1 Å². The van der Waals surface area contributed by atoms with Gasteiger partial charge in [0.1, 0.15) is 6.23 Å². The zero-order chi connectivity index (χ0) is 18.6. The normalized spacial score (nSPS) is 30.0. The van der Waals surface area contributed by atoms with E-state index >= 15 is 0 Å². The Kier molecular flexibility index (Phi) is 7.13. The Morgan fingerprint density at radius 1 is 1.40 bits per heavy atom. The Morgan fingerprint density at radius 2 is 2.08 bits per heavy atom. The van der Waals surface area contributed by atoms with Crippen LogP contribution in [0.1, 0.15) is 51.9 Å². The second kappa shape index (κ2) is 8.89. The van der Waals surface area contributed by atoms with Gasteiger partial charge in [0.25, 0.3) is 0 Å². The Bertz CT molecular complexity index is 511. The van der Waals surface area contributed by atoms with Crippen LogP contribution in [0.2, 0.25) is 0 Å². The van der Waals surface area contributed by atoms with Gasteiger partial charge in [0.15, 0.2) is 0 Å². The number of carbonyl (C=O) groups excluding carboxylic acids is 2. The minimum Gasteiger partial charge on any atom is -0.375 e. The molecular formula is C18H32N4O3. The largest absolute Gasteiger partial charge is 0.375 e. The fourth-order valence-corrected chi connectivity index (χ4v) is 3.77. The molecule has 2 fully saturated rings. The first kappa shape index (κ1) is 20.0. The number of carbonyl (C=O) groups is 2. The molecule has 0 bridgehead atoms. The molecule has 1 saturated carbocycles. The van der Waals surface area contributed by atoms with Gasteiger partial charge in [-0.05, 0) is 45.2 Å². The molecule has 0 spiro atoms. The molecule has 0 aromatic rings. The zero-order valence-corrected chi connectivity index (χ0v) is 15.3. The Labute approximate surface area is 150 Å². The summed E-state index contributed by atoms with van der Waals surface area (Å²) < 4.78 is 0. The highest BCUT2D eigenvalue weighted by Gasteiger charge is 2.31. The summed E-state index contributed by atoms with van der Waals surface area (Å²) in [6.07, 6.45) is 4.87. The fourth-order valence-electron chi connectivity index (χ4n) is 3.77. The van der Waals surface area contributed by atoms with E-state index in [1.165, 1.54) is 12.8 Å². The number of hydrogen-bond donors (Lipinski definition) is 4. The van der Waals surface area contributed by atoms with Crippen molar-refractivity contribution >= 4 is 11.8 Å². The van der Waals surface area contributed by atoms with Crippen LogP contribution in [0, 0.1) is 0 Å². The highest BCUT2D eigenvalue weighted by atomic mass is 16.3. The van der Waals surface area contributed by atoms with Crippen molar-refractivity contribution in [2.75, 3.05) is 7.05 Å². The lowest BCUT2D eigenvalue weighted by Crippen LogP contribution is -2.54. The molecule has 2 amide bonds. The summed E-state index contributed by atoms with van der Waals surface area (Å²) in [4.78, 5) is 25.2. The predicted octanol–water partition coefficient (Wildman–Crippen LogP) is 0.236. The molecule has 5 atom stereocenters. The summed E-state index contributed by atoms with van der Waals surface area (Å²) in [6, 6.07) is 0.182. The number of nitrogens with two attached hydrogens (primary N) is 1. The van der Waals surface area contributed by atoms with Gasteiger partial charge in [-0.15, -0.1) is 0 Å². The number of amides is 2. The van der Waals surface area contributed by atoms with Crippen LogP contribution in [0.25, 0.3) is 0 Å². The first-order chi connectivity index (χ1) is 11.8. The number of piperidine rings is 1. The molecule has 0 aromatic carbocycles. The Morgan fingerprint density at radius 3 is 2.72 bits per heavy atom. The molecule has 0 aromatic heterocycles. The average Bonchev–Trinajstić information content (AvgIpc) is 2.57. The number of likely N-dealkylation sites (N-methyl/N-ethyl adjacent to an activating group) is 1. The van der Waals surface area contributed by atoms with Crippen LogP contribution < -0.4 is 16.4 Å². The lowest BCUT2D eigenvalue weighted by molar-refractivity contribution is -0.135. The topological polar surface area (TPSA) is 108 Å². The summed E-state index contributed by atoms with van der Waals surface area (Å²) in [5.74, 6) is -0.656. The molecule has 1 heterocycles. The minimum absolute atomic E-state index is 0.194. The van der Waals surface area contributed by atoms with E-state index in [0.29, 0.717) is 24.5 Å². The zero-order valence-electron chi connectivity index (χ0n) is 15.3. The summed E-state index contributed by atoms with van der Waals surface area (Å²) in [7, 11) is 2.08. The van der Waals surface area contributed by atoms with Crippen molar-refractivity contribution in [2.24, 2.45) is 5.73 Å². The number of nitrogens with one attached hydrogen (secondary N) is 2. The third kappa shape index (κ3) is 5.34. The maximum Gasteiger partial charge on any atom is 0.243 e. The standard InChI is InChI=1S/C18H32N4O3/c1-11(17(24)20-14-8-9-16(23)21-18(14)25)10-12(2)22(3)15-7-5-4-6-13(15)19/h12-15,17,20,24H,1,4-10,19H2,2-3H3,(H,21,23,25)/t12?,13-,14?,15-,17?/m0/s1. The first-order valence-electron chi connectivity index (χ1n) is 9.22. The number of nitrogens with zero attached hydrogens (tertiary/aromatic N) is 1. The molecule has 25 heavy (non-hydrogen) atoms. The fraction of sp³-hybridized carbons (Fsp3) is 0.778. The quantitative estimate of drug-likeness (QED) is 0.297. The number of hydrogen-bond acceptors (Lipinski definition) is 6. The maximum absolute atomic E-state index is 11.8. The second-order valence-corrected chi connectivity index (χ2v) is 7.47. The molecule has 1 aliphatic heterocycles. The lowest BCUT2D eigenvalue weighted by atomic mass is 9.89. The molecule has 2 rings (SSSR count). The molecule has 0 radical (unpaired) electrons. The van der Waals surface area contributed by atoms with Crippen LogP contribution in [-0.4, -0.2) is 59.3 Å². The van der Waals surface area contributed by atoms with Gasteiger partial charge in [0.05, 0.1) is 6.04 Å². The third-order valence-electron chi connectivity index (χ3n) is 5.54. The number of imide groups is 1. The highest BCUT2D eigenvalue weighted by molar-refractivity contribution is 6.00. The Hall–Kier alpha value is -1.28. The molecular weight excluding hydrogens is 320 g/mol. The van der Waals surface area contributed by atoms with Crippen LogP contribution in [-0.2, 0) is 9.59 Å². The van der Waals surface area contributed by atoms with Gasteiger partial charge in [0, 0.05) is 24.5 Å². The van der Waals surface area contributed by atoms with Gasteiger partial charge in [-0.3, -0.25) is 25.1 Å². The number of rotatable bonds is 7. The van der Waals surface area contributed by atoms with Crippen LogP contribution in [0.4, 0.5) is 0 Å². The molecule has 7 heteroatoms. The highest BCUT2D eigenvalue weighted by Crippen LogP contribution is 2.24.